The number of carbonyl (C=O) groups is 1. The highest BCUT2D eigenvalue weighted by molar-refractivity contribution is 5.96. The van der Waals surface area contributed by atoms with Crippen molar-refractivity contribution in [2.24, 2.45) is 11.7 Å². The van der Waals surface area contributed by atoms with Crippen LogP contribution in [0.5, 0.6) is 0 Å². The van der Waals surface area contributed by atoms with Gasteiger partial charge in [0.2, 0.25) is 0 Å². The minimum Gasteiger partial charge on any atom is -0.338 e. The summed E-state index contributed by atoms with van der Waals surface area (Å²) in [5, 5.41) is 0. The topological polar surface area (TPSA) is 46.3 Å². The van der Waals surface area contributed by atoms with Crippen molar-refractivity contribution >= 4 is 18.3 Å². The molecule has 0 saturated carbocycles. The van der Waals surface area contributed by atoms with Crippen LogP contribution in [-0.4, -0.2) is 29.9 Å². The largest absolute Gasteiger partial charge is 0.338 e. The summed E-state index contributed by atoms with van der Waals surface area (Å²) in [6, 6.07) is 6.21. The summed E-state index contributed by atoms with van der Waals surface area (Å²) < 4.78 is 0. The number of aryl methyl sites for hydroxylation is 2. The first-order valence-electron chi connectivity index (χ1n) is 6.61. The van der Waals surface area contributed by atoms with E-state index in [1.807, 2.05) is 43.9 Å². The molecule has 0 radical (unpaired) electrons. The molecule has 1 aromatic carbocycles. The molecule has 2 N–H and O–H groups in total. The molecule has 0 spiro atoms. The van der Waals surface area contributed by atoms with Crippen molar-refractivity contribution < 1.29 is 4.79 Å². The van der Waals surface area contributed by atoms with E-state index < -0.39 is 0 Å². The second-order valence-electron chi connectivity index (χ2n) is 5.48. The van der Waals surface area contributed by atoms with Crippen LogP contribution in [0.4, 0.5) is 0 Å². The molecule has 4 heteroatoms. The Bertz CT molecular complexity index is 459. The minimum absolute atomic E-state index is 0. The van der Waals surface area contributed by atoms with Gasteiger partial charge in [0.25, 0.3) is 5.91 Å². The van der Waals surface area contributed by atoms with E-state index in [-0.39, 0.29) is 24.4 Å². The van der Waals surface area contributed by atoms with Gasteiger partial charge in [-0.3, -0.25) is 4.79 Å². The molecule has 2 atom stereocenters. The van der Waals surface area contributed by atoms with Crippen molar-refractivity contribution in [3.05, 3.63) is 34.9 Å². The van der Waals surface area contributed by atoms with Crippen LogP contribution >= 0.6 is 12.4 Å². The Kier molecular flexibility index (Phi) is 5.39. The molecule has 2 unspecified atom stereocenters. The van der Waals surface area contributed by atoms with E-state index in [2.05, 4.69) is 0 Å². The summed E-state index contributed by atoms with van der Waals surface area (Å²) >= 11 is 0. The molecule has 106 valence electrons. The Morgan fingerprint density at radius 2 is 2.11 bits per heavy atom. The van der Waals surface area contributed by atoms with Gasteiger partial charge in [-0.25, -0.2) is 0 Å². The molecule has 19 heavy (non-hydrogen) atoms. The summed E-state index contributed by atoms with van der Waals surface area (Å²) in [5.74, 6) is 0.596. The number of rotatable bonds is 2. The first-order valence-corrected chi connectivity index (χ1v) is 6.61. The number of amides is 1. The maximum absolute atomic E-state index is 12.5. The van der Waals surface area contributed by atoms with E-state index in [9.17, 15) is 4.79 Å². The second kappa shape index (κ2) is 6.40. The van der Waals surface area contributed by atoms with E-state index in [1.54, 1.807) is 0 Å². The van der Waals surface area contributed by atoms with Gasteiger partial charge >= 0.3 is 0 Å². The van der Waals surface area contributed by atoms with Gasteiger partial charge in [0.15, 0.2) is 0 Å². The van der Waals surface area contributed by atoms with Gasteiger partial charge in [0.05, 0.1) is 0 Å². The van der Waals surface area contributed by atoms with Gasteiger partial charge < -0.3 is 10.6 Å². The van der Waals surface area contributed by atoms with Crippen LogP contribution in [0.25, 0.3) is 0 Å². The standard InChI is InChI=1S/C15H22N2O.ClH/c1-10-4-5-11(2)14(8-10)15(18)17-7-6-13(9-17)12(3)16;/h4-5,8,12-13H,6-7,9,16H2,1-3H3;1H. The van der Waals surface area contributed by atoms with E-state index in [1.165, 1.54) is 0 Å². The van der Waals surface area contributed by atoms with Crippen LogP contribution in [0.3, 0.4) is 0 Å². The van der Waals surface area contributed by atoms with E-state index in [0.29, 0.717) is 5.92 Å². The molecule has 0 aliphatic carbocycles. The number of likely N-dealkylation sites (tertiary alicyclic amines) is 1. The van der Waals surface area contributed by atoms with Crippen LogP contribution in [0, 0.1) is 19.8 Å². The molecule has 0 bridgehead atoms. The van der Waals surface area contributed by atoms with Gasteiger partial charge in [-0.05, 0) is 44.7 Å². The number of hydrogen-bond donors (Lipinski definition) is 1. The van der Waals surface area contributed by atoms with Crippen molar-refractivity contribution in [1.82, 2.24) is 4.90 Å². The number of benzene rings is 1. The van der Waals surface area contributed by atoms with Gasteiger partial charge in [0, 0.05) is 24.7 Å². The highest BCUT2D eigenvalue weighted by Crippen LogP contribution is 2.22. The molecular weight excluding hydrogens is 260 g/mol. The lowest BCUT2D eigenvalue weighted by Gasteiger charge is -2.19. The Morgan fingerprint density at radius 3 is 2.68 bits per heavy atom. The first kappa shape index (κ1) is 16.0. The predicted octanol–water partition coefficient (Wildman–Crippen LogP) is 2.53. The van der Waals surface area contributed by atoms with E-state index >= 15 is 0 Å². The van der Waals surface area contributed by atoms with Crippen LogP contribution in [0.15, 0.2) is 18.2 Å². The van der Waals surface area contributed by atoms with Gasteiger partial charge in [0.1, 0.15) is 0 Å². The lowest BCUT2D eigenvalue weighted by atomic mass is 10.0. The maximum Gasteiger partial charge on any atom is 0.254 e. The zero-order chi connectivity index (χ0) is 13.3. The monoisotopic (exact) mass is 282 g/mol. The molecule has 1 heterocycles. The zero-order valence-electron chi connectivity index (χ0n) is 11.8. The molecular formula is C15H23ClN2O. The zero-order valence-corrected chi connectivity index (χ0v) is 12.7. The highest BCUT2D eigenvalue weighted by Gasteiger charge is 2.29. The Morgan fingerprint density at radius 1 is 1.42 bits per heavy atom. The summed E-state index contributed by atoms with van der Waals surface area (Å²) in [7, 11) is 0. The SMILES string of the molecule is Cc1ccc(C)c(C(=O)N2CCC(C(C)N)C2)c1.Cl. The molecule has 2 rings (SSSR count). The van der Waals surface area contributed by atoms with Crippen LogP contribution in [-0.2, 0) is 0 Å². The second-order valence-corrected chi connectivity index (χ2v) is 5.48. The van der Waals surface area contributed by atoms with Gasteiger partial charge in [-0.15, -0.1) is 12.4 Å². The number of carbonyl (C=O) groups excluding carboxylic acids is 1. The molecule has 1 fully saturated rings. The molecule has 1 aromatic rings. The molecule has 0 aromatic heterocycles. The molecule has 1 aliphatic rings. The van der Waals surface area contributed by atoms with Crippen molar-refractivity contribution in [2.75, 3.05) is 13.1 Å². The van der Waals surface area contributed by atoms with Crippen molar-refractivity contribution in [1.29, 1.82) is 0 Å². The number of nitrogens with two attached hydrogens (primary N) is 1. The van der Waals surface area contributed by atoms with Crippen LogP contribution in [0.1, 0.15) is 34.8 Å². The fraction of sp³-hybridized carbons (Fsp3) is 0.533. The Balaban J connectivity index is 0.00000180. The first-order chi connectivity index (χ1) is 8.49. The number of nitrogens with zero attached hydrogens (tertiary/aromatic N) is 1. The molecule has 1 aliphatic heterocycles. The average Bonchev–Trinajstić information content (AvgIpc) is 2.81. The summed E-state index contributed by atoms with van der Waals surface area (Å²) in [6.07, 6.45) is 1.02. The minimum atomic E-state index is 0. The lowest BCUT2D eigenvalue weighted by Crippen LogP contribution is -2.33. The van der Waals surface area contributed by atoms with Gasteiger partial charge in [-0.1, -0.05) is 17.7 Å². The van der Waals surface area contributed by atoms with Crippen LogP contribution < -0.4 is 5.73 Å². The number of hydrogen-bond acceptors (Lipinski definition) is 2. The molecule has 3 nitrogen and oxygen atoms in total. The summed E-state index contributed by atoms with van der Waals surface area (Å²) in [4.78, 5) is 14.4. The fourth-order valence-corrected chi connectivity index (χ4v) is 2.54. The fourth-order valence-electron chi connectivity index (χ4n) is 2.54. The maximum atomic E-state index is 12.5. The van der Waals surface area contributed by atoms with Gasteiger partial charge in [-0.2, -0.15) is 0 Å². The van der Waals surface area contributed by atoms with E-state index in [0.717, 1.165) is 36.2 Å². The summed E-state index contributed by atoms with van der Waals surface area (Å²) in [5.41, 5.74) is 8.93. The van der Waals surface area contributed by atoms with E-state index in [4.69, 9.17) is 5.73 Å². The average molecular weight is 283 g/mol. The highest BCUT2D eigenvalue weighted by atomic mass is 35.5. The normalized spacial score (nSPS) is 20.0. The molecule has 1 saturated heterocycles. The molecule has 1 amide bonds. The third-order valence-corrected chi connectivity index (χ3v) is 3.88. The Hall–Kier alpha value is -1.06. The van der Waals surface area contributed by atoms with Crippen LogP contribution in [0.2, 0.25) is 0 Å². The Labute approximate surface area is 121 Å². The van der Waals surface area contributed by atoms with Crippen molar-refractivity contribution in [3.8, 4) is 0 Å². The third kappa shape index (κ3) is 3.48. The van der Waals surface area contributed by atoms with Crippen molar-refractivity contribution in [2.45, 2.75) is 33.2 Å². The summed E-state index contributed by atoms with van der Waals surface area (Å²) in [6.45, 7) is 7.66. The quantitative estimate of drug-likeness (QED) is 0.906. The third-order valence-electron chi connectivity index (χ3n) is 3.88. The number of halogens is 1. The predicted molar refractivity (Wildman–Crippen MR) is 80.8 cm³/mol. The smallest absolute Gasteiger partial charge is 0.254 e. The lowest BCUT2D eigenvalue weighted by molar-refractivity contribution is 0.0785. The van der Waals surface area contributed by atoms with Crippen molar-refractivity contribution in [3.63, 3.8) is 0 Å².